The average molecular weight is 307 g/mol. The van der Waals surface area contributed by atoms with Crippen LogP contribution in [0.1, 0.15) is 69.4 Å². The minimum atomic E-state index is 0.675. The maximum atomic E-state index is 8.81. The summed E-state index contributed by atoms with van der Waals surface area (Å²) in [6, 6.07) is 9.64. The molecule has 0 heterocycles. The highest BCUT2D eigenvalue weighted by atomic mass is 14.2. The molecule has 0 spiro atoms. The first kappa shape index (κ1) is 19.0. The number of hydrogen-bond acceptors (Lipinski definition) is 1. The molecule has 0 aliphatic heterocycles. The Kier molecular flexibility index (Phi) is 9.48. The number of rotatable bonds is 11. The van der Waals surface area contributed by atoms with Crippen molar-refractivity contribution in [2.45, 2.75) is 58.3 Å². The van der Waals surface area contributed by atoms with Crippen molar-refractivity contribution >= 4 is 5.57 Å². The van der Waals surface area contributed by atoms with Crippen molar-refractivity contribution in [1.82, 2.24) is 0 Å². The Morgan fingerprint density at radius 3 is 2.17 bits per heavy atom. The van der Waals surface area contributed by atoms with Gasteiger partial charge in [0.05, 0.1) is 11.6 Å². The molecule has 0 radical (unpaired) electrons. The largest absolute Gasteiger partial charge is 0.192 e. The fourth-order valence-corrected chi connectivity index (χ4v) is 2.47. The molecule has 0 unspecified atom stereocenters. The Balaban J connectivity index is 2.26. The second-order valence-electron chi connectivity index (χ2n) is 6.08. The summed E-state index contributed by atoms with van der Waals surface area (Å²) in [5.74, 6) is 0. The molecule has 1 nitrogen and oxygen atoms in total. The lowest BCUT2D eigenvalue weighted by Gasteiger charge is -2.03. The van der Waals surface area contributed by atoms with Crippen molar-refractivity contribution in [3.63, 3.8) is 0 Å². The van der Waals surface area contributed by atoms with Gasteiger partial charge in [0.2, 0.25) is 0 Å². The molecule has 1 rings (SSSR count). The lowest BCUT2D eigenvalue weighted by atomic mass is 10.0. The lowest BCUT2D eigenvalue weighted by molar-refractivity contribution is 0.590. The van der Waals surface area contributed by atoms with Gasteiger partial charge in [0.25, 0.3) is 0 Å². The molecule has 0 N–H and O–H groups in total. The fourth-order valence-electron chi connectivity index (χ4n) is 2.47. The number of nitrogens with zero attached hydrogens (tertiary/aromatic N) is 1. The first-order valence-electron chi connectivity index (χ1n) is 8.72. The summed E-state index contributed by atoms with van der Waals surface area (Å²) in [5.41, 5.74) is 3.83. The van der Waals surface area contributed by atoms with Crippen molar-refractivity contribution in [1.29, 1.82) is 5.26 Å². The van der Waals surface area contributed by atoms with Crippen LogP contribution in [0.3, 0.4) is 0 Å². The molecule has 0 aliphatic carbocycles. The molecule has 1 heteroatoms. The highest BCUT2D eigenvalue weighted by Crippen LogP contribution is 2.17. The number of unbranched alkanes of at least 4 members (excludes halogenated alkanes) is 6. The standard InChI is InChI=1S/C22H29N/c1-4-5-6-7-8-9-10-11-19(2)12-13-20(3)22-16-14-21(18-23)15-17-22/h12-17H,2-11H2,1H3/b13-12-. The van der Waals surface area contributed by atoms with E-state index in [1.807, 2.05) is 30.3 Å². The third-order valence-corrected chi connectivity index (χ3v) is 4.01. The van der Waals surface area contributed by atoms with Crippen LogP contribution in [0.4, 0.5) is 0 Å². The van der Waals surface area contributed by atoms with Crippen molar-refractivity contribution in [3.05, 3.63) is 66.3 Å². The van der Waals surface area contributed by atoms with Crippen LogP contribution < -0.4 is 0 Å². The fraction of sp³-hybridized carbons (Fsp3) is 0.409. The first-order chi connectivity index (χ1) is 11.2. The third-order valence-electron chi connectivity index (χ3n) is 4.01. The second-order valence-corrected chi connectivity index (χ2v) is 6.08. The number of nitriles is 1. The normalized spacial score (nSPS) is 10.6. The molecule has 122 valence electrons. The summed E-state index contributed by atoms with van der Waals surface area (Å²) in [5, 5.41) is 8.81. The molecule has 0 aliphatic rings. The molecule has 0 saturated carbocycles. The highest BCUT2D eigenvalue weighted by molar-refractivity contribution is 5.72. The van der Waals surface area contributed by atoms with Crippen LogP contribution in [0.2, 0.25) is 0 Å². The Labute approximate surface area is 142 Å². The van der Waals surface area contributed by atoms with Gasteiger partial charge in [-0.15, -0.1) is 0 Å². The van der Waals surface area contributed by atoms with Gasteiger partial charge in [0, 0.05) is 0 Å². The Morgan fingerprint density at radius 2 is 1.57 bits per heavy atom. The molecule has 0 atom stereocenters. The monoisotopic (exact) mass is 307 g/mol. The average Bonchev–Trinajstić information content (AvgIpc) is 2.59. The van der Waals surface area contributed by atoms with E-state index in [9.17, 15) is 0 Å². The van der Waals surface area contributed by atoms with Crippen molar-refractivity contribution in [2.24, 2.45) is 0 Å². The van der Waals surface area contributed by atoms with Crippen molar-refractivity contribution in [2.75, 3.05) is 0 Å². The Morgan fingerprint density at radius 1 is 0.957 bits per heavy atom. The minimum Gasteiger partial charge on any atom is -0.192 e. The number of hydrogen-bond donors (Lipinski definition) is 0. The van der Waals surface area contributed by atoms with Crippen LogP contribution in [0, 0.1) is 11.3 Å². The molecular formula is C22H29N. The van der Waals surface area contributed by atoms with Crippen LogP contribution in [-0.2, 0) is 0 Å². The Bertz CT molecular complexity index is 555. The molecule has 23 heavy (non-hydrogen) atoms. The molecule has 1 aromatic rings. The lowest BCUT2D eigenvalue weighted by Crippen LogP contribution is -1.83. The van der Waals surface area contributed by atoms with Crippen LogP contribution in [0.5, 0.6) is 0 Å². The maximum Gasteiger partial charge on any atom is 0.0991 e. The van der Waals surface area contributed by atoms with Crippen LogP contribution in [-0.4, -0.2) is 0 Å². The van der Waals surface area contributed by atoms with Gasteiger partial charge in [-0.1, -0.05) is 88.5 Å². The van der Waals surface area contributed by atoms with Crippen LogP contribution in [0.15, 0.2) is 55.1 Å². The van der Waals surface area contributed by atoms with E-state index in [2.05, 4.69) is 32.2 Å². The summed E-state index contributed by atoms with van der Waals surface area (Å²) in [4.78, 5) is 0. The van der Waals surface area contributed by atoms with Gasteiger partial charge in [-0.3, -0.25) is 0 Å². The van der Waals surface area contributed by atoms with E-state index in [0.717, 1.165) is 23.1 Å². The van der Waals surface area contributed by atoms with E-state index in [1.54, 1.807) is 0 Å². The zero-order chi connectivity index (χ0) is 16.9. The van der Waals surface area contributed by atoms with E-state index in [0.29, 0.717) is 5.56 Å². The van der Waals surface area contributed by atoms with Crippen LogP contribution in [0.25, 0.3) is 5.57 Å². The quantitative estimate of drug-likeness (QED) is 0.325. The predicted molar refractivity (Wildman–Crippen MR) is 101 cm³/mol. The number of allylic oxidation sites excluding steroid dienone is 4. The smallest absolute Gasteiger partial charge is 0.0991 e. The molecule has 0 fully saturated rings. The summed E-state index contributed by atoms with van der Waals surface area (Å²) in [6.45, 7) is 10.5. The van der Waals surface area contributed by atoms with Gasteiger partial charge < -0.3 is 0 Å². The van der Waals surface area contributed by atoms with E-state index in [-0.39, 0.29) is 0 Å². The predicted octanol–water partition coefficient (Wildman–Crippen LogP) is 6.82. The molecule has 1 aromatic carbocycles. The van der Waals surface area contributed by atoms with Crippen molar-refractivity contribution in [3.8, 4) is 6.07 Å². The molecule has 0 amide bonds. The maximum absolute atomic E-state index is 8.81. The molecule has 0 aromatic heterocycles. The summed E-state index contributed by atoms with van der Waals surface area (Å²) < 4.78 is 0. The third kappa shape index (κ3) is 8.21. The second kappa shape index (κ2) is 11.5. The molecular weight excluding hydrogens is 278 g/mol. The highest BCUT2D eigenvalue weighted by Gasteiger charge is 1.97. The molecule has 0 saturated heterocycles. The van der Waals surface area contributed by atoms with Gasteiger partial charge in [0.1, 0.15) is 0 Å². The summed E-state index contributed by atoms with van der Waals surface area (Å²) >= 11 is 0. The topological polar surface area (TPSA) is 23.8 Å². The van der Waals surface area contributed by atoms with Gasteiger partial charge in [-0.2, -0.15) is 5.26 Å². The van der Waals surface area contributed by atoms with E-state index in [4.69, 9.17) is 5.26 Å². The van der Waals surface area contributed by atoms with E-state index in [1.165, 1.54) is 44.9 Å². The van der Waals surface area contributed by atoms with Crippen molar-refractivity contribution < 1.29 is 0 Å². The zero-order valence-corrected chi connectivity index (χ0v) is 14.5. The minimum absolute atomic E-state index is 0.675. The van der Waals surface area contributed by atoms with Gasteiger partial charge in [0.15, 0.2) is 0 Å². The van der Waals surface area contributed by atoms with Gasteiger partial charge in [-0.25, -0.2) is 0 Å². The van der Waals surface area contributed by atoms with Crippen LogP contribution >= 0.6 is 0 Å². The first-order valence-corrected chi connectivity index (χ1v) is 8.72. The molecule has 0 bridgehead atoms. The van der Waals surface area contributed by atoms with Gasteiger partial charge >= 0.3 is 0 Å². The summed E-state index contributed by atoms with van der Waals surface area (Å²) in [7, 11) is 0. The SMILES string of the molecule is C=C(/C=C\C(=C)c1ccc(C#N)cc1)CCCCCCCCC. The summed E-state index contributed by atoms with van der Waals surface area (Å²) in [6.07, 6.45) is 14.4. The van der Waals surface area contributed by atoms with E-state index < -0.39 is 0 Å². The number of benzene rings is 1. The van der Waals surface area contributed by atoms with E-state index >= 15 is 0 Å². The van der Waals surface area contributed by atoms with Gasteiger partial charge in [-0.05, 0) is 36.1 Å². The Hall–Kier alpha value is -2.07. The zero-order valence-electron chi connectivity index (χ0n) is 14.5.